The number of nitrogens with zero attached hydrogens (tertiary/aromatic N) is 1. The second-order valence-corrected chi connectivity index (χ2v) is 8.55. The van der Waals surface area contributed by atoms with Crippen molar-refractivity contribution >= 4 is 29.3 Å². The van der Waals surface area contributed by atoms with Gasteiger partial charge in [0.1, 0.15) is 17.5 Å². The molecule has 0 fully saturated rings. The molecular formula is C22H24ClFN2O3. The van der Waals surface area contributed by atoms with Crippen LogP contribution >= 0.6 is 11.6 Å². The third-order valence-electron chi connectivity index (χ3n) is 4.68. The van der Waals surface area contributed by atoms with Crippen LogP contribution in [-0.4, -0.2) is 23.6 Å². The van der Waals surface area contributed by atoms with Crippen LogP contribution in [0.15, 0.2) is 42.5 Å². The Labute approximate surface area is 174 Å². The monoisotopic (exact) mass is 418 g/mol. The normalized spacial score (nSPS) is 17.5. The minimum Gasteiger partial charge on any atom is -0.444 e. The zero-order valence-corrected chi connectivity index (χ0v) is 17.6. The van der Waals surface area contributed by atoms with Gasteiger partial charge in [-0.2, -0.15) is 0 Å². The lowest BCUT2D eigenvalue weighted by Gasteiger charge is -2.38. The number of anilines is 1. The maximum Gasteiger partial charge on any atom is 0.408 e. The molecule has 1 N–H and O–H groups in total. The maximum atomic E-state index is 13.8. The molecular weight excluding hydrogens is 395 g/mol. The lowest BCUT2D eigenvalue weighted by atomic mass is 9.94. The van der Waals surface area contributed by atoms with Gasteiger partial charge < -0.3 is 15.0 Å². The summed E-state index contributed by atoms with van der Waals surface area (Å²) in [6, 6.07) is 10.1. The van der Waals surface area contributed by atoms with Crippen molar-refractivity contribution in [3.8, 4) is 0 Å². The smallest absolute Gasteiger partial charge is 0.408 e. The minimum atomic E-state index is -0.797. The van der Waals surface area contributed by atoms with Crippen LogP contribution in [-0.2, 0) is 16.0 Å². The van der Waals surface area contributed by atoms with Gasteiger partial charge in [-0.15, -0.1) is 0 Å². The molecule has 2 atom stereocenters. The molecule has 2 amide bonds. The first-order valence-electron chi connectivity index (χ1n) is 9.41. The van der Waals surface area contributed by atoms with Crippen LogP contribution in [0.25, 0.3) is 0 Å². The third kappa shape index (κ3) is 4.88. The van der Waals surface area contributed by atoms with Gasteiger partial charge in [0.05, 0.1) is 6.04 Å². The fourth-order valence-corrected chi connectivity index (χ4v) is 3.57. The van der Waals surface area contributed by atoms with E-state index < -0.39 is 23.8 Å². The molecule has 5 nitrogen and oxygen atoms in total. The van der Waals surface area contributed by atoms with E-state index in [-0.39, 0.29) is 11.7 Å². The van der Waals surface area contributed by atoms with Crippen molar-refractivity contribution in [2.45, 2.75) is 51.8 Å². The number of nitrogens with one attached hydrogen (secondary N) is 1. The number of halogens is 2. The molecule has 1 aliphatic rings. The SMILES string of the molecule is C[C@@H](c1cccc(F)c1)N1C(=O)[C@H](NC(=O)OC(C)(C)C)Cc2ccc(Cl)cc21. The van der Waals surface area contributed by atoms with Gasteiger partial charge in [0.2, 0.25) is 0 Å². The number of benzene rings is 2. The molecule has 1 heterocycles. The summed E-state index contributed by atoms with van der Waals surface area (Å²) in [6.45, 7) is 7.08. The molecule has 0 aliphatic carbocycles. The van der Waals surface area contributed by atoms with Gasteiger partial charge in [-0.1, -0.05) is 29.8 Å². The van der Waals surface area contributed by atoms with Crippen molar-refractivity contribution in [1.29, 1.82) is 0 Å². The topological polar surface area (TPSA) is 58.6 Å². The van der Waals surface area contributed by atoms with Gasteiger partial charge in [-0.05, 0) is 63.1 Å². The fourth-order valence-electron chi connectivity index (χ4n) is 3.41. The Kier molecular flexibility index (Phi) is 5.85. The van der Waals surface area contributed by atoms with Crippen LogP contribution < -0.4 is 10.2 Å². The largest absolute Gasteiger partial charge is 0.444 e. The van der Waals surface area contributed by atoms with Gasteiger partial charge in [-0.3, -0.25) is 4.79 Å². The van der Waals surface area contributed by atoms with E-state index in [2.05, 4.69) is 5.32 Å². The summed E-state index contributed by atoms with van der Waals surface area (Å²) < 4.78 is 19.1. The predicted molar refractivity (Wildman–Crippen MR) is 111 cm³/mol. The summed E-state index contributed by atoms with van der Waals surface area (Å²) in [5.74, 6) is -0.684. The van der Waals surface area contributed by atoms with Gasteiger partial charge in [-0.25, -0.2) is 9.18 Å². The Morgan fingerprint density at radius 3 is 2.66 bits per heavy atom. The lowest BCUT2D eigenvalue weighted by molar-refractivity contribution is -0.121. The van der Waals surface area contributed by atoms with Crippen LogP contribution in [0.1, 0.15) is 44.9 Å². The molecule has 0 unspecified atom stereocenters. The van der Waals surface area contributed by atoms with Crippen molar-refractivity contribution in [1.82, 2.24) is 5.32 Å². The van der Waals surface area contributed by atoms with Crippen LogP contribution in [0.3, 0.4) is 0 Å². The van der Waals surface area contributed by atoms with Crippen LogP contribution in [0, 0.1) is 5.82 Å². The lowest BCUT2D eigenvalue weighted by Crippen LogP contribution is -2.54. The van der Waals surface area contributed by atoms with E-state index in [1.807, 2.05) is 13.0 Å². The van der Waals surface area contributed by atoms with E-state index in [1.54, 1.807) is 49.9 Å². The van der Waals surface area contributed by atoms with E-state index >= 15 is 0 Å². The number of amides is 2. The number of carbonyl (C=O) groups is 2. The van der Waals surface area contributed by atoms with Gasteiger partial charge in [0, 0.05) is 17.1 Å². The number of hydrogen-bond donors (Lipinski definition) is 1. The maximum absolute atomic E-state index is 13.8. The minimum absolute atomic E-state index is 0.303. The Bertz CT molecular complexity index is 942. The molecule has 0 saturated heterocycles. The van der Waals surface area contributed by atoms with E-state index in [0.717, 1.165) is 5.56 Å². The molecule has 0 spiro atoms. The molecule has 29 heavy (non-hydrogen) atoms. The van der Waals surface area contributed by atoms with Crippen LogP contribution in [0.5, 0.6) is 0 Å². The molecule has 154 valence electrons. The molecule has 1 aliphatic heterocycles. The number of hydrogen-bond acceptors (Lipinski definition) is 3. The summed E-state index contributed by atoms with van der Waals surface area (Å²) in [5, 5.41) is 3.16. The fraction of sp³-hybridized carbons (Fsp3) is 0.364. The summed E-state index contributed by atoms with van der Waals surface area (Å²) in [4.78, 5) is 27.1. The summed E-state index contributed by atoms with van der Waals surface area (Å²) in [6.07, 6.45) is -0.344. The van der Waals surface area contributed by atoms with E-state index in [9.17, 15) is 14.0 Å². The van der Waals surface area contributed by atoms with Crippen LogP contribution in [0.4, 0.5) is 14.9 Å². The van der Waals surface area contributed by atoms with Crippen molar-refractivity contribution < 1.29 is 18.7 Å². The van der Waals surface area contributed by atoms with Crippen molar-refractivity contribution in [2.24, 2.45) is 0 Å². The highest BCUT2D eigenvalue weighted by Gasteiger charge is 2.37. The molecule has 0 aromatic heterocycles. The molecule has 0 radical (unpaired) electrons. The second kappa shape index (κ2) is 8.03. The highest BCUT2D eigenvalue weighted by Crippen LogP contribution is 2.36. The Morgan fingerprint density at radius 1 is 1.28 bits per heavy atom. The number of fused-ring (bicyclic) bond motifs is 1. The summed E-state index contributed by atoms with van der Waals surface area (Å²) in [5.41, 5.74) is 1.48. The Morgan fingerprint density at radius 2 is 2.00 bits per heavy atom. The first-order chi connectivity index (χ1) is 13.5. The quantitative estimate of drug-likeness (QED) is 0.761. The number of alkyl carbamates (subject to hydrolysis) is 1. The predicted octanol–water partition coefficient (Wildman–Crippen LogP) is 5.02. The summed E-state index contributed by atoms with van der Waals surface area (Å²) >= 11 is 6.17. The van der Waals surface area contributed by atoms with E-state index in [4.69, 9.17) is 16.3 Å². The third-order valence-corrected chi connectivity index (χ3v) is 4.91. The molecule has 2 aromatic carbocycles. The average Bonchev–Trinajstić information content (AvgIpc) is 2.61. The Balaban J connectivity index is 1.96. The molecule has 2 aromatic rings. The van der Waals surface area contributed by atoms with Crippen LogP contribution in [0.2, 0.25) is 5.02 Å². The number of ether oxygens (including phenoxy) is 1. The average molecular weight is 419 g/mol. The van der Waals surface area contributed by atoms with Gasteiger partial charge in [0.25, 0.3) is 5.91 Å². The van der Waals surface area contributed by atoms with Gasteiger partial charge in [0.15, 0.2) is 0 Å². The van der Waals surface area contributed by atoms with Crippen molar-refractivity contribution in [2.75, 3.05) is 4.90 Å². The molecule has 0 saturated carbocycles. The van der Waals surface area contributed by atoms with Crippen molar-refractivity contribution in [3.05, 3.63) is 64.4 Å². The molecule has 7 heteroatoms. The zero-order chi connectivity index (χ0) is 21.3. The second-order valence-electron chi connectivity index (χ2n) is 8.12. The highest BCUT2D eigenvalue weighted by atomic mass is 35.5. The van der Waals surface area contributed by atoms with E-state index in [0.29, 0.717) is 22.7 Å². The zero-order valence-electron chi connectivity index (χ0n) is 16.8. The first-order valence-corrected chi connectivity index (χ1v) is 9.79. The summed E-state index contributed by atoms with van der Waals surface area (Å²) in [7, 11) is 0. The van der Waals surface area contributed by atoms with E-state index in [1.165, 1.54) is 12.1 Å². The van der Waals surface area contributed by atoms with Crippen molar-refractivity contribution in [3.63, 3.8) is 0 Å². The molecule has 3 rings (SSSR count). The Hall–Kier alpha value is -2.60. The standard InChI is InChI=1S/C22H24ClFN2O3/c1-13(14-6-5-7-17(24)10-14)26-19-12-16(23)9-8-15(19)11-18(20(26)27)25-21(28)29-22(2,3)4/h5-10,12-13,18H,11H2,1-4H3,(H,25,28)/t13-,18+/m0/s1. The number of carbonyl (C=O) groups excluding carboxylic acids is 2. The highest BCUT2D eigenvalue weighted by molar-refractivity contribution is 6.31. The molecule has 0 bridgehead atoms. The van der Waals surface area contributed by atoms with Gasteiger partial charge >= 0.3 is 6.09 Å². The first kappa shape index (κ1) is 21.1. The number of rotatable bonds is 3.